The molecule has 0 spiro atoms. The van der Waals surface area contributed by atoms with Crippen molar-refractivity contribution < 1.29 is 13.2 Å². The van der Waals surface area contributed by atoms with Gasteiger partial charge in [-0.3, -0.25) is 4.79 Å². The number of thioether (sulfide) groups is 1. The van der Waals surface area contributed by atoms with E-state index in [4.69, 9.17) is 0 Å². The molecule has 0 heterocycles. The van der Waals surface area contributed by atoms with Gasteiger partial charge >= 0.3 is 0 Å². The van der Waals surface area contributed by atoms with Gasteiger partial charge in [0.05, 0.1) is 10.6 Å². The van der Waals surface area contributed by atoms with E-state index < -0.39 is 21.0 Å². The van der Waals surface area contributed by atoms with Gasteiger partial charge in [-0.1, -0.05) is 30.3 Å². The van der Waals surface area contributed by atoms with Gasteiger partial charge < -0.3 is 5.32 Å². The van der Waals surface area contributed by atoms with Crippen LogP contribution in [0.25, 0.3) is 0 Å². The van der Waals surface area contributed by atoms with Crippen LogP contribution < -0.4 is 5.32 Å². The summed E-state index contributed by atoms with van der Waals surface area (Å²) in [7, 11) is -3.70. The first kappa shape index (κ1) is 16.6. The van der Waals surface area contributed by atoms with Gasteiger partial charge in [0, 0.05) is 4.90 Å². The molecule has 2 aromatic carbocycles. The predicted octanol–water partition coefficient (Wildman–Crippen LogP) is 3.21. The fraction of sp³-hybridized carbons (Fsp3) is 0.188. The Bertz CT molecular complexity index is 758. The second-order valence-electron chi connectivity index (χ2n) is 4.69. The lowest BCUT2D eigenvalue weighted by molar-refractivity contribution is -0.115. The van der Waals surface area contributed by atoms with Crippen LogP contribution in [-0.2, 0) is 14.6 Å². The SMILES string of the molecule is CSc1ccccc1NC(=O)C(C)S(=O)(=O)c1ccccc1. The van der Waals surface area contributed by atoms with Crippen molar-refractivity contribution in [2.24, 2.45) is 0 Å². The molecule has 1 unspecified atom stereocenters. The molecule has 116 valence electrons. The maximum atomic E-state index is 12.5. The van der Waals surface area contributed by atoms with Gasteiger partial charge in [0.1, 0.15) is 5.25 Å². The van der Waals surface area contributed by atoms with E-state index in [0.29, 0.717) is 5.69 Å². The van der Waals surface area contributed by atoms with Gasteiger partial charge in [0.15, 0.2) is 9.84 Å². The quantitative estimate of drug-likeness (QED) is 0.852. The molecule has 1 amide bonds. The highest BCUT2D eigenvalue weighted by Crippen LogP contribution is 2.25. The molecular weight excluding hydrogens is 318 g/mol. The first-order valence-corrected chi connectivity index (χ1v) is 9.46. The van der Waals surface area contributed by atoms with E-state index in [2.05, 4.69) is 5.32 Å². The Balaban J connectivity index is 2.23. The number of amides is 1. The third-order valence-corrected chi connectivity index (χ3v) is 6.14. The smallest absolute Gasteiger partial charge is 0.242 e. The number of benzene rings is 2. The lowest BCUT2D eigenvalue weighted by Gasteiger charge is -2.15. The van der Waals surface area contributed by atoms with Gasteiger partial charge in [0.25, 0.3) is 0 Å². The van der Waals surface area contributed by atoms with Gasteiger partial charge in [-0.15, -0.1) is 11.8 Å². The molecule has 1 N–H and O–H groups in total. The standard InChI is InChI=1S/C16H17NO3S2/c1-12(22(19,20)13-8-4-3-5-9-13)16(18)17-14-10-6-7-11-15(14)21-2/h3-12H,1-2H3,(H,17,18). The molecule has 22 heavy (non-hydrogen) atoms. The van der Waals surface area contributed by atoms with Crippen LogP contribution in [-0.4, -0.2) is 25.8 Å². The summed E-state index contributed by atoms with van der Waals surface area (Å²) in [5, 5.41) is 1.54. The Morgan fingerprint density at radius 3 is 2.27 bits per heavy atom. The Kier molecular flexibility index (Phi) is 5.26. The number of hydrogen-bond acceptors (Lipinski definition) is 4. The van der Waals surface area contributed by atoms with Crippen LogP contribution in [0, 0.1) is 0 Å². The number of nitrogens with one attached hydrogen (secondary N) is 1. The van der Waals surface area contributed by atoms with Crippen LogP contribution in [0.3, 0.4) is 0 Å². The number of carbonyl (C=O) groups is 1. The van der Waals surface area contributed by atoms with E-state index in [1.54, 1.807) is 30.3 Å². The van der Waals surface area contributed by atoms with Gasteiger partial charge in [-0.25, -0.2) is 8.42 Å². The van der Waals surface area contributed by atoms with E-state index in [-0.39, 0.29) is 4.90 Å². The van der Waals surface area contributed by atoms with Crippen LogP contribution >= 0.6 is 11.8 Å². The summed E-state index contributed by atoms with van der Waals surface area (Å²) in [6.07, 6.45) is 1.90. The molecule has 0 bridgehead atoms. The summed E-state index contributed by atoms with van der Waals surface area (Å²) in [4.78, 5) is 13.3. The van der Waals surface area contributed by atoms with E-state index in [1.165, 1.54) is 30.8 Å². The van der Waals surface area contributed by atoms with E-state index in [9.17, 15) is 13.2 Å². The fourth-order valence-electron chi connectivity index (χ4n) is 1.94. The highest BCUT2D eigenvalue weighted by molar-refractivity contribution is 7.98. The van der Waals surface area contributed by atoms with Crippen LogP contribution in [0.5, 0.6) is 0 Å². The predicted molar refractivity (Wildman–Crippen MR) is 89.9 cm³/mol. The highest BCUT2D eigenvalue weighted by Gasteiger charge is 2.29. The molecule has 0 aliphatic heterocycles. The number of anilines is 1. The van der Waals surface area contributed by atoms with Crippen molar-refractivity contribution >= 4 is 33.2 Å². The molecule has 2 rings (SSSR count). The van der Waals surface area contributed by atoms with E-state index in [1.807, 2.05) is 18.4 Å². The minimum Gasteiger partial charge on any atom is -0.324 e. The molecule has 2 aromatic rings. The Morgan fingerprint density at radius 1 is 1.05 bits per heavy atom. The highest BCUT2D eigenvalue weighted by atomic mass is 32.2. The zero-order valence-corrected chi connectivity index (χ0v) is 13.9. The van der Waals surface area contributed by atoms with Crippen molar-refractivity contribution in [1.82, 2.24) is 0 Å². The molecule has 4 nitrogen and oxygen atoms in total. The summed E-state index contributed by atoms with van der Waals surface area (Å²) >= 11 is 1.49. The maximum absolute atomic E-state index is 12.5. The summed E-state index contributed by atoms with van der Waals surface area (Å²) < 4.78 is 24.9. The number of carbonyl (C=O) groups excluding carboxylic acids is 1. The first-order valence-electron chi connectivity index (χ1n) is 6.69. The lowest BCUT2D eigenvalue weighted by atomic mass is 10.3. The fourth-order valence-corrected chi connectivity index (χ4v) is 3.78. The van der Waals surface area contributed by atoms with E-state index >= 15 is 0 Å². The molecule has 0 saturated heterocycles. The molecular formula is C16H17NO3S2. The van der Waals surface area contributed by atoms with Crippen molar-refractivity contribution in [2.75, 3.05) is 11.6 Å². The Labute approximate surface area is 134 Å². The van der Waals surface area contributed by atoms with Crippen molar-refractivity contribution in [2.45, 2.75) is 22.0 Å². The van der Waals surface area contributed by atoms with Gasteiger partial charge in [-0.2, -0.15) is 0 Å². The van der Waals surface area contributed by atoms with Crippen LogP contribution in [0.4, 0.5) is 5.69 Å². The molecule has 0 saturated carbocycles. The Hall–Kier alpha value is -1.79. The van der Waals surface area contributed by atoms with Crippen LogP contribution in [0.1, 0.15) is 6.92 Å². The number of hydrogen-bond donors (Lipinski definition) is 1. The van der Waals surface area contributed by atoms with Crippen molar-refractivity contribution in [1.29, 1.82) is 0 Å². The normalized spacial score (nSPS) is 12.6. The van der Waals surface area contributed by atoms with Crippen molar-refractivity contribution in [3.05, 3.63) is 54.6 Å². The lowest BCUT2D eigenvalue weighted by Crippen LogP contribution is -2.32. The third kappa shape index (κ3) is 3.51. The maximum Gasteiger partial charge on any atom is 0.242 e. The number of para-hydroxylation sites is 1. The summed E-state index contributed by atoms with van der Waals surface area (Å²) in [6.45, 7) is 1.40. The largest absolute Gasteiger partial charge is 0.324 e. The second-order valence-corrected chi connectivity index (χ2v) is 7.81. The zero-order valence-electron chi connectivity index (χ0n) is 12.3. The van der Waals surface area contributed by atoms with Crippen LogP contribution in [0.2, 0.25) is 0 Å². The Morgan fingerprint density at radius 2 is 1.64 bits per heavy atom. The molecule has 1 atom stereocenters. The van der Waals surface area contributed by atoms with E-state index in [0.717, 1.165) is 4.90 Å². The average Bonchev–Trinajstić information content (AvgIpc) is 2.55. The number of rotatable bonds is 5. The van der Waals surface area contributed by atoms with Crippen molar-refractivity contribution in [3.8, 4) is 0 Å². The molecule has 0 aliphatic rings. The second kappa shape index (κ2) is 6.98. The first-order chi connectivity index (χ1) is 10.5. The molecule has 0 fully saturated rings. The topological polar surface area (TPSA) is 63.2 Å². The van der Waals surface area contributed by atoms with Crippen molar-refractivity contribution in [3.63, 3.8) is 0 Å². The third-order valence-electron chi connectivity index (χ3n) is 3.27. The van der Waals surface area contributed by atoms with Gasteiger partial charge in [-0.05, 0) is 37.4 Å². The number of sulfone groups is 1. The molecule has 0 aromatic heterocycles. The minimum atomic E-state index is -3.70. The molecule has 0 aliphatic carbocycles. The van der Waals surface area contributed by atoms with Crippen LogP contribution in [0.15, 0.2) is 64.4 Å². The summed E-state index contributed by atoms with van der Waals surface area (Å²) in [5.74, 6) is -0.537. The average molecular weight is 335 g/mol. The summed E-state index contributed by atoms with van der Waals surface area (Å²) in [5.41, 5.74) is 0.620. The molecule has 0 radical (unpaired) electrons. The van der Waals surface area contributed by atoms with Gasteiger partial charge in [0.2, 0.25) is 5.91 Å². The minimum absolute atomic E-state index is 0.149. The molecule has 6 heteroatoms. The summed E-state index contributed by atoms with van der Waals surface area (Å²) in [6, 6.07) is 15.3. The monoisotopic (exact) mass is 335 g/mol. The zero-order chi connectivity index (χ0) is 16.2.